The van der Waals surface area contributed by atoms with Gasteiger partial charge in [-0.1, -0.05) is 6.92 Å². The molecule has 86 valence electrons. The smallest absolute Gasteiger partial charge is 0.150 e. The second-order valence-corrected chi connectivity index (χ2v) is 6.38. The van der Waals surface area contributed by atoms with Crippen LogP contribution in [0.4, 0.5) is 0 Å². The summed E-state index contributed by atoms with van der Waals surface area (Å²) in [5.41, 5.74) is 5.74. The maximum atomic E-state index is 11.3. The Labute approximate surface area is 92.8 Å². The fourth-order valence-electron chi connectivity index (χ4n) is 1.83. The van der Waals surface area contributed by atoms with E-state index in [-0.39, 0.29) is 18.2 Å². The third-order valence-electron chi connectivity index (χ3n) is 2.82. The largest absolute Gasteiger partial charge is 0.328 e. The van der Waals surface area contributed by atoms with Crippen molar-refractivity contribution in [3.8, 4) is 0 Å². The fraction of sp³-hybridized carbons (Fsp3) is 1.00. The Morgan fingerprint density at radius 1 is 1.21 bits per heavy atom. The third kappa shape index (κ3) is 4.62. The average Bonchev–Trinajstić information content (AvgIpc) is 2.09. The minimum Gasteiger partial charge on any atom is -0.328 e. The van der Waals surface area contributed by atoms with Crippen LogP contribution < -0.4 is 5.73 Å². The lowest BCUT2D eigenvalue weighted by Gasteiger charge is -2.25. The number of rotatable bonds is 3. The van der Waals surface area contributed by atoms with Gasteiger partial charge < -0.3 is 5.73 Å². The van der Waals surface area contributed by atoms with Gasteiger partial charge in [-0.05, 0) is 31.6 Å². The summed E-state index contributed by atoms with van der Waals surface area (Å²) in [6.07, 6.45) is 3.95. The Morgan fingerprint density at radius 3 is 2.14 bits per heavy atom. The van der Waals surface area contributed by atoms with Crippen LogP contribution in [-0.2, 0) is 9.84 Å². The molecule has 0 aromatic rings. The number of hydrogen-bond acceptors (Lipinski definition) is 3. The monoisotopic (exact) mass is 241 g/mol. The minimum atomic E-state index is -2.78. The Balaban J connectivity index is 0.00000169. The molecule has 1 saturated carbocycles. The summed E-state index contributed by atoms with van der Waals surface area (Å²) in [5.74, 6) is 1.01. The summed E-state index contributed by atoms with van der Waals surface area (Å²) in [4.78, 5) is 0. The molecule has 0 saturated heterocycles. The Morgan fingerprint density at radius 2 is 1.71 bits per heavy atom. The topological polar surface area (TPSA) is 60.2 Å². The van der Waals surface area contributed by atoms with Gasteiger partial charge in [0.25, 0.3) is 0 Å². The van der Waals surface area contributed by atoms with E-state index in [0.29, 0.717) is 17.7 Å². The van der Waals surface area contributed by atoms with Crippen molar-refractivity contribution in [1.29, 1.82) is 0 Å². The van der Waals surface area contributed by atoms with Crippen LogP contribution in [0.3, 0.4) is 0 Å². The molecule has 0 aromatic heterocycles. The number of halogens is 1. The van der Waals surface area contributed by atoms with E-state index in [2.05, 4.69) is 0 Å². The van der Waals surface area contributed by atoms with Crippen molar-refractivity contribution in [2.45, 2.75) is 38.6 Å². The minimum absolute atomic E-state index is 0. The van der Waals surface area contributed by atoms with Crippen molar-refractivity contribution in [1.82, 2.24) is 0 Å². The molecule has 0 radical (unpaired) electrons. The van der Waals surface area contributed by atoms with Gasteiger partial charge in [-0.25, -0.2) is 8.42 Å². The van der Waals surface area contributed by atoms with Crippen molar-refractivity contribution in [3.63, 3.8) is 0 Å². The first kappa shape index (κ1) is 14.2. The van der Waals surface area contributed by atoms with Gasteiger partial charge in [-0.3, -0.25) is 0 Å². The van der Waals surface area contributed by atoms with Crippen molar-refractivity contribution >= 4 is 22.2 Å². The average molecular weight is 242 g/mol. The molecule has 0 atom stereocenters. The second-order valence-electron chi connectivity index (χ2n) is 3.98. The molecule has 0 aromatic carbocycles. The zero-order valence-corrected chi connectivity index (χ0v) is 10.2. The molecule has 5 heteroatoms. The maximum absolute atomic E-state index is 11.3. The molecule has 1 aliphatic rings. The van der Waals surface area contributed by atoms with E-state index in [1.54, 1.807) is 6.92 Å². The highest BCUT2D eigenvalue weighted by atomic mass is 35.5. The van der Waals surface area contributed by atoms with Crippen LogP contribution in [0.25, 0.3) is 0 Å². The molecule has 0 heterocycles. The molecule has 2 N–H and O–H groups in total. The van der Waals surface area contributed by atoms with Crippen LogP contribution in [0.2, 0.25) is 0 Å². The maximum Gasteiger partial charge on any atom is 0.150 e. The van der Waals surface area contributed by atoms with Crippen molar-refractivity contribution in [3.05, 3.63) is 0 Å². The molecule has 3 nitrogen and oxygen atoms in total. The summed E-state index contributed by atoms with van der Waals surface area (Å²) in [7, 11) is -2.78. The number of nitrogens with two attached hydrogens (primary N) is 1. The van der Waals surface area contributed by atoms with Gasteiger partial charge in [0.2, 0.25) is 0 Å². The van der Waals surface area contributed by atoms with E-state index in [1.807, 2.05) is 0 Å². The molecule has 1 aliphatic carbocycles. The summed E-state index contributed by atoms with van der Waals surface area (Å²) >= 11 is 0. The van der Waals surface area contributed by atoms with Gasteiger partial charge in [0.05, 0.1) is 5.75 Å². The lowest BCUT2D eigenvalue weighted by Crippen LogP contribution is -2.29. The first-order chi connectivity index (χ1) is 6.03. The molecular formula is C9H20ClNO2S. The standard InChI is InChI=1S/C9H19NO2S.ClH/c1-2-13(11,12)7-8-3-5-9(10)6-4-8;/h8-9H,2-7,10H2,1H3;1H. The van der Waals surface area contributed by atoms with Gasteiger partial charge in [-0.15, -0.1) is 12.4 Å². The van der Waals surface area contributed by atoms with Crippen LogP contribution in [0.5, 0.6) is 0 Å². The zero-order valence-electron chi connectivity index (χ0n) is 8.61. The highest BCUT2D eigenvalue weighted by molar-refractivity contribution is 7.91. The molecule has 0 bridgehead atoms. The Kier molecular flexibility index (Phi) is 6.02. The van der Waals surface area contributed by atoms with Gasteiger partial charge in [-0.2, -0.15) is 0 Å². The highest BCUT2D eigenvalue weighted by Crippen LogP contribution is 2.24. The van der Waals surface area contributed by atoms with Gasteiger partial charge in [0.1, 0.15) is 9.84 Å². The molecule has 14 heavy (non-hydrogen) atoms. The molecule has 0 spiro atoms. The summed E-state index contributed by atoms with van der Waals surface area (Å²) < 4.78 is 22.6. The van der Waals surface area contributed by atoms with Crippen LogP contribution in [-0.4, -0.2) is 26.0 Å². The zero-order chi connectivity index (χ0) is 9.90. The van der Waals surface area contributed by atoms with E-state index in [1.165, 1.54) is 0 Å². The van der Waals surface area contributed by atoms with E-state index in [9.17, 15) is 8.42 Å². The predicted molar refractivity (Wildman–Crippen MR) is 61.5 cm³/mol. The van der Waals surface area contributed by atoms with Crippen molar-refractivity contribution < 1.29 is 8.42 Å². The first-order valence-electron chi connectivity index (χ1n) is 4.99. The summed E-state index contributed by atoms with van der Waals surface area (Å²) in [6.45, 7) is 1.71. The molecule has 0 unspecified atom stereocenters. The molecular weight excluding hydrogens is 222 g/mol. The lowest BCUT2D eigenvalue weighted by atomic mass is 9.88. The highest BCUT2D eigenvalue weighted by Gasteiger charge is 2.22. The van der Waals surface area contributed by atoms with Crippen LogP contribution >= 0.6 is 12.4 Å². The molecule has 0 aliphatic heterocycles. The Hall–Kier alpha value is 0.200. The molecule has 1 fully saturated rings. The fourth-order valence-corrected chi connectivity index (χ4v) is 3.12. The predicted octanol–water partition coefficient (Wildman–Crippen LogP) is 1.36. The Bertz CT molecular complexity index is 246. The first-order valence-corrected chi connectivity index (χ1v) is 6.81. The van der Waals surface area contributed by atoms with Gasteiger partial charge in [0.15, 0.2) is 0 Å². The van der Waals surface area contributed by atoms with E-state index < -0.39 is 9.84 Å². The van der Waals surface area contributed by atoms with Crippen LogP contribution in [0.15, 0.2) is 0 Å². The summed E-state index contributed by atoms with van der Waals surface area (Å²) in [6, 6.07) is 0.306. The molecule has 1 rings (SSSR count). The normalized spacial score (nSPS) is 28.1. The van der Waals surface area contributed by atoms with Crippen molar-refractivity contribution in [2.24, 2.45) is 11.7 Å². The van der Waals surface area contributed by atoms with Gasteiger partial charge in [0, 0.05) is 11.8 Å². The van der Waals surface area contributed by atoms with Crippen LogP contribution in [0, 0.1) is 5.92 Å². The number of hydrogen-bond donors (Lipinski definition) is 1. The second kappa shape index (κ2) is 5.93. The lowest BCUT2D eigenvalue weighted by molar-refractivity contribution is 0.348. The van der Waals surface area contributed by atoms with E-state index in [4.69, 9.17) is 5.73 Å². The summed E-state index contributed by atoms with van der Waals surface area (Å²) in [5, 5.41) is 0. The SMILES string of the molecule is CCS(=O)(=O)CC1CCC(N)CC1.Cl. The van der Waals surface area contributed by atoms with Crippen molar-refractivity contribution in [2.75, 3.05) is 11.5 Å². The molecule has 0 amide bonds. The van der Waals surface area contributed by atoms with Crippen LogP contribution in [0.1, 0.15) is 32.6 Å². The van der Waals surface area contributed by atoms with E-state index in [0.717, 1.165) is 25.7 Å². The van der Waals surface area contributed by atoms with E-state index >= 15 is 0 Å². The third-order valence-corrected chi connectivity index (χ3v) is 4.68. The van der Waals surface area contributed by atoms with Gasteiger partial charge >= 0.3 is 0 Å². The number of sulfone groups is 1. The quantitative estimate of drug-likeness (QED) is 0.812.